The van der Waals surface area contributed by atoms with Crippen LogP contribution in [0.1, 0.15) is 18.5 Å². The zero-order valence-electron chi connectivity index (χ0n) is 12.4. The van der Waals surface area contributed by atoms with Gasteiger partial charge in [0, 0.05) is 18.8 Å². The van der Waals surface area contributed by atoms with Crippen molar-refractivity contribution in [1.29, 1.82) is 0 Å². The van der Waals surface area contributed by atoms with E-state index in [1.807, 2.05) is 24.3 Å². The molecule has 2 aromatic rings. The summed E-state index contributed by atoms with van der Waals surface area (Å²) in [6.07, 6.45) is 0. The van der Waals surface area contributed by atoms with E-state index in [1.165, 1.54) is 12.1 Å². The molecule has 21 heavy (non-hydrogen) atoms. The van der Waals surface area contributed by atoms with Crippen LogP contribution >= 0.6 is 0 Å². The lowest BCUT2D eigenvalue weighted by Gasteiger charge is -2.32. The van der Waals surface area contributed by atoms with Crippen LogP contribution in [0, 0.1) is 5.82 Å². The Hall–Kier alpha value is -2.07. The highest BCUT2D eigenvalue weighted by atomic mass is 19.1. The number of anilines is 1. The number of hydrogen-bond acceptors (Lipinski definition) is 3. The molecule has 0 saturated carbocycles. The third-order valence-electron chi connectivity index (χ3n) is 3.60. The van der Waals surface area contributed by atoms with Crippen molar-refractivity contribution < 1.29 is 9.13 Å². The molecule has 0 radical (unpaired) electrons. The Kier molecular flexibility index (Phi) is 5.17. The van der Waals surface area contributed by atoms with Gasteiger partial charge in [0.1, 0.15) is 11.6 Å². The lowest BCUT2D eigenvalue weighted by Crippen LogP contribution is -2.33. The normalized spacial score (nSPS) is 12.0. The quantitative estimate of drug-likeness (QED) is 0.886. The molecule has 0 aromatic heterocycles. The molecular weight excluding hydrogens is 267 g/mol. The van der Waals surface area contributed by atoms with Crippen LogP contribution in [-0.2, 0) is 0 Å². The summed E-state index contributed by atoms with van der Waals surface area (Å²) in [7, 11) is 1.65. The standard InChI is InChI=1S/C17H21FN2O/c1-3-20(15-8-6-14(18)7-9-15)17(12-19)13-4-10-16(21-2)11-5-13/h4-11,17H,3,12,19H2,1-2H3. The molecule has 0 spiro atoms. The average molecular weight is 288 g/mol. The van der Waals surface area contributed by atoms with Gasteiger partial charge < -0.3 is 15.4 Å². The van der Waals surface area contributed by atoms with Crippen LogP contribution in [0.25, 0.3) is 0 Å². The van der Waals surface area contributed by atoms with Crippen molar-refractivity contribution in [2.24, 2.45) is 5.73 Å². The van der Waals surface area contributed by atoms with Crippen molar-refractivity contribution in [1.82, 2.24) is 0 Å². The molecule has 0 saturated heterocycles. The minimum Gasteiger partial charge on any atom is -0.497 e. The van der Waals surface area contributed by atoms with Gasteiger partial charge in [-0.3, -0.25) is 0 Å². The molecule has 0 fully saturated rings. The SMILES string of the molecule is CCN(c1ccc(F)cc1)C(CN)c1ccc(OC)cc1. The first kappa shape index (κ1) is 15.3. The topological polar surface area (TPSA) is 38.5 Å². The molecule has 112 valence electrons. The van der Waals surface area contributed by atoms with Gasteiger partial charge in [-0.05, 0) is 48.9 Å². The summed E-state index contributed by atoms with van der Waals surface area (Å²) in [4.78, 5) is 2.17. The minimum absolute atomic E-state index is 0.0476. The van der Waals surface area contributed by atoms with Crippen molar-refractivity contribution in [3.8, 4) is 5.75 Å². The van der Waals surface area contributed by atoms with E-state index in [4.69, 9.17) is 10.5 Å². The second-order valence-electron chi connectivity index (χ2n) is 4.79. The predicted molar refractivity (Wildman–Crippen MR) is 84.2 cm³/mol. The number of hydrogen-bond donors (Lipinski definition) is 1. The van der Waals surface area contributed by atoms with Gasteiger partial charge in [-0.25, -0.2) is 4.39 Å². The average Bonchev–Trinajstić information content (AvgIpc) is 2.54. The monoisotopic (exact) mass is 288 g/mol. The van der Waals surface area contributed by atoms with Crippen LogP contribution in [0.15, 0.2) is 48.5 Å². The van der Waals surface area contributed by atoms with E-state index in [0.717, 1.165) is 23.5 Å². The number of likely N-dealkylation sites (N-methyl/N-ethyl adjacent to an activating group) is 1. The first-order valence-corrected chi connectivity index (χ1v) is 7.05. The molecule has 1 atom stereocenters. The zero-order chi connectivity index (χ0) is 15.2. The fourth-order valence-electron chi connectivity index (χ4n) is 2.48. The maximum atomic E-state index is 13.1. The fourth-order valence-corrected chi connectivity index (χ4v) is 2.48. The van der Waals surface area contributed by atoms with Gasteiger partial charge in [-0.1, -0.05) is 12.1 Å². The Morgan fingerprint density at radius 3 is 2.19 bits per heavy atom. The van der Waals surface area contributed by atoms with Crippen LogP contribution in [0.3, 0.4) is 0 Å². The summed E-state index contributed by atoms with van der Waals surface area (Å²) in [6, 6.07) is 14.4. The van der Waals surface area contributed by atoms with Crippen LogP contribution < -0.4 is 15.4 Å². The van der Waals surface area contributed by atoms with Crippen molar-refractivity contribution in [2.75, 3.05) is 25.1 Å². The van der Waals surface area contributed by atoms with E-state index in [0.29, 0.717) is 6.54 Å². The summed E-state index contributed by atoms with van der Waals surface area (Å²) in [5, 5.41) is 0. The lowest BCUT2D eigenvalue weighted by molar-refractivity contribution is 0.414. The van der Waals surface area contributed by atoms with Gasteiger partial charge in [0.2, 0.25) is 0 Å². The maximum Gasteiger partial charge on any atom is 0.123 e. The minimum atomic E-state index is -0.233. The van der Waals surface area contributed by atoms with E-state index >= 15 is 0 Å². The summed E-state index contributed by atoms with van der Waals surface area (Å²) in [5.41, 5.74) is 8.05. The van der Waals surface area contributed by atoms with E-state index < -0.39 is 0 Å². The van der Waals surface area contributed by atoms with E-state index in [2.05, 4.69) is 11.8 Å². The predicted octanol–water partition coefficient (Wildman–Crippen LogP) is 3.36. The fraction of sp³-hybridized carbons (Fsp3) is 0.294. The van der Waals surface area contributed by atoms with Gasteiger partial charge >= 0.3 is 0 Å². The summed E-state index contributed by atoms with van der Waals surface area (Å²) >= 11 is 0. The van der Waals surface area contributed by atoms with Crippen molar-refractivity contribution >= 4 is 5.69 Å². The third-order valence-corrected chi connectivity index (χ3v) is 3.60. The van der Waals surface area contributed by atoms with Crippen molar-refractivity contribution in [3.05, 3.63) is 59.9 Å². The Balaban J connectivity index is 2.29. The van der Waals surface area contributed by atoms with Crippen molar-refractivity contribution in [2.45, 2.75) is 13.0 Å². The molecule has 2 aromatic carbocycles. The lowest BCUT2D eigenvalue weighted by atomic mass is 10.0. The third kappa shape index (κ3) is 3.52. The van der Waals surface area contributed by atoms with Crippen LogP contribution in [-0.4, -0.2) is 20.2 Å². The number of nitrogens with two attached hydrogens (primary N) is 1. The summed E-state index contributed by atoms with van der Waals surface area (Å²) in [6.45, 7) is 3.34. The van der Waals surface area contributed by atoms with Crippen molar-refractivity contribution in [3.63, 3.8) is 0 Å². The van der Waals surface area contributed by atoms with Crippen LogP contribution in [0.2, 0.25) is 0 Å². The number of nitrogens with zero attached hydrogens (tertiary/aromatic N) is 1. The van der Waals surface area contributed by atoms with Gasteiger partial charge in [0.05, 0.1) is 13.2 Å². The number of ether oxygens (including phenoxy) is 1. The molecule has 0 aliphatic carbocycles. The molecule has 0 heterocycles. The van der Waals surface area contributed by atoms with Gasteiger partial charge in [0.15, 0.2) is 0 Å². The Morgan fingerprint density at radius 1 is 1.10 bits per heavy atom. The van der Waals surface area contributed by atoms with E-state index in [1.54, 1.807) is 19.2 Å². The molecule has 2 rings (SSSR count). The largest absolute Gasteiger partial charge is 0.497 e. The molecule has 2 N–H and O–H groups in total. The molecule has 4 heteroatoms. The molecule has 0 aliphatic heterocycles. The van der Waals surface area contributed by atoms with Gasteiger partial charge in [0.25, 0.3) is 0 Å². The highest BCUT2D eigenvalue weighted by Gasteiger charge is 2.18. The Morgan fingerprint density at radius 2 is 1.71 bits per heavy atom. The Bertz CT molecular complexity index is 554. The second kappa shape index (κ2) is 7.09. The first-order chi connectivity index (χ1) is 10.2. The van der Waals surface area contributed by atoms with Gasteiger partial charge in [-0.2, -0.15) is 0 Å². The maximum absolute atomic E-state index is 13.1. The summed E-state index contributed by atoms with van der Waals surface area (Å²) in [5.74, 6) is 0.586. The highest BCUT2D eigenvalue weighted by Crippen LogP contribution is 2.27. The molecule has 0 aliphatic rings. The highest BCUT2D eigenvalue weighted by molar-refractivity contribution is 5.49. The van der Waals surface area contributed by atoms with Crippen LogP contribution in [0.5, 0.6) is 5.75 Å². The molecule has 0 amide bonds. The second-order valence-corrected chi connectivity index (χ2v) is 4.79. The number of benzene rings is 2. The van der Waals surface area contributed by atoms with Gasteiger partial charge in [-0.15, -0.1) is 0 Å². The van der Waals surface area contributed by atoms with Crippen LogP contribution in [0.4, 0.5) is 10.1 Å². The van der Waals surface area contributed by atoms with E-state index in [-0.39, 0.29) is 11.9 Å². The van der Waals surface area contributed by atoms with E-state index in [9.17, 15) is 4.39 Å². The first-order valence-electron chi connectivity index (χ1n) is 7.05. The number of halogens is 1. The Labute approximate surface area is 125 Å². The summed E-state index contributed by atoms with van der Waals surface area (Å²) < 4.78 is 18.3. The molecule has 0 bridgehead atoms. The molecule has 1 unspecified atom stereocenters. The smallest absolute Gasteiger partial charge is 0.123 e. The molecular formula is C17H21FN2O. The zero-order valence-corrected chi connectivity index (χ0v) is 12.4. The number of rotatable bonds is 6. The number of methoxy groups -OCH3 is 1. The molecule has 3 nitrogen and oxygen atoms in total.